The number of imidazole rings is 1. The van der Waals surface area contributed by atoms with E-state index in [1.807, 2.05) is 50.4 Å². The molecule has 0 aliphatic heterocycles. The number of benzene rings is 1. The summed E-state index contributed by atoms with van der Waals surface area (Å²) in [6, 6.07) is 9.20. The van der Waals surface area contributed by atoms with Gasteiger partial charge in [-0.3, -0.25) is 5.32 Å². The molecule has 142 valence electrons. The first-order valence-corrected chi connectivity index (χ1v) is 9.20. The third kappa shape index (κ3) is 5.34. The van der Waals surface area contributed by atoms with Crippen molar-refractivity contribution in [3.63, 3.8) is 0 Å². The molecule has 0 saturated heterocycles. The monoisotopic (exact) mass is 386 g/mol. The van der Waals surface area contributed by atoms with Crippen LogP contribution in [0.1, 0.15) is 23.5 Å². The molecule has 27 heavy (non-hydrogen) atoms. The van der Waals surface area contributed by atoms with Gasteiger partial charge in [0.25, 0.3) is 0 Å². The van der Waals surface area contributed by atoms with Crippen LogP contribution in [0.15, 0.2) is 42.7 Å². The quantitative estimate of drug-likeness (QED) is 0.609. The van der Waals surface area contributed by atoms with E-state index in [1.54, 1.807) is 10.9 Å². The summed E-state index contributed by atoms with van der Waals surface area (Å²) in [7, 11) is 0. The maximum atomic E-state index is 12.2. The normalized spacial score (nSPS) is 10.8. The van der Waals surface area contributed by atoms with Gasteiger partial charge in [0.2, 0.25) is 0 Å². The number of rotatable bonds is 7. The van der Waals surface area contributed by atoms with Crippen molar-refractivity contribution in [1.29, 1.82) is 0 Å². The molecule has 0 atom stereocenters. The van der Waals surface area contributed by atoms with Gasteiger partial charge in [-0.15, -0.1) is 0 Å². The van der Waals surface area contributed by atoms with Crippen LogP contribution in [0.4, 0.5) is 10.6 Å². The molecular weight excluding hydrogens is 364 g/mol. The lowest BCUT2D eigenvalue weighted by atomic mass is 10.2. The first-order chi connectivity index (χ1) is 13.0. The van der Waals surface area contributed by atoms with Gasteiger partial charge in [-0.1, -0.05) is 23.7 Å². The maximum Gasteiger partial charge on any atom is 0.320 e. The maximum absolute atomic E-state index is 12.2. The summed E-state index contributed by atoms with van der Waals surface area (Å²) in [5, 5.41) is 10.9. The van der Waals surface area contributed by atoms with E-state index in [0.717, 1.165) is 30.0 Å². The van der Waals surface area contributed by atoms with Crippen molar-refractivity contribution >= 4 is 23.4 Å². The summed E-state index contributed by atoms with van der Waals surface area (Å²) >= 11 is 6.04. The first-order valence-electron chi connectivity index (χ1n) is 8.83. The number of halogens is 1. The number of carbonyl (C=O) groups is 1. The number of urea groups is 1. The Kier molecular flexibility index (Phi) is 6.13. The molecule has 2 amide bonds. The van der Waals surface area contributed by atoms with Crippen LogP contribution < -0.4 is 10.6 Å². The average Bonchev–Trinajstić information content (AvgIpc) is 3.17. The zero-order valence-corrected chi connectivity index (χ0v) is 16.2. The van der Waals surface area contributed by atoms with Gasteiger partial charge in [-0.25, -0.2) is 14.5 Å². The topological polar surface area (TPSA) is 76.8 Å². The fourth-order valence-electron chi connectivity index (χ4n) is 2.83. The molecule has 8 heteroatoms. The van der Waals surface area contributed by atoms with Crippen molar-refractivity contribution in [2.24, 2.45) is 0 Å². The molecule has 0 radical (unpaired) electrons. The highest BCUT2D eigenvalue weighted by Crippen LogP contribution is 2.16. The number of carbonyl (C=O) groups excluding carboxylic acids is 1. The number of anilines is 1. The molecule has 3 aromatic rings. The molecule has 2 N–H and O–H groups in total. The second kappa shape index (κ2) is 8.73. The molecule has 2 heterocycles. The number of hydrogen-bond donors (Lipinski definition) is 2. The van der Waals surface area contributed by atoms with Crippen LogP contribution >= 0.6 is 11.6 Å². The highest BCUT2D eigenvalue weighted by molar-refractivity contribution is 6.30. The second-order valence-corrected chi connectivity index (χ2v) is 6.80. The number of hydrogen-bond acceptors (Lipinski definition) is 3. The Morgan fingerprint density at radius 3 is 2.85 bits per heavy atom. The third-order valence-corrected chi connectivity index (χ3v) is 4.39. The van der Waals surface area contributed by atoms with Gasteiger partial charge in [0.15, 0.2) is 0 Å². The average molecular weight is 387 g/mol. The molecule has 0 aliphatic rings. The van der Waals surface area contributed by atoms with Gasteiger partial charge >= 0.3 is 6.03 Å². The van der Waals surface area contributed by atoms with Gasteiger partial charge < -0.3 is 9.88 Å². The number of amides is 2. The summed E-state index contributed by atoms with van der Waals surface area (Å²) in [4.78, 5) is 16.4. The molecule has 0 saturated carbocycles. The van der Waals surface area contributed by atoms with Crippen LogP contribution in [0.25, 0.3) is 0 Å². The zero-order valence-electron chi connectivity index (χ0n) is 15.4. The highest BCUT2D eigenvalue weighted by Gasteiger charge is 2.10. The molecule has 2 aromatic heterocycles. The van der Waals surface area contributed by atoms with Crippen LogP contribution in [-0.4, -0.2) is 31.9 Å². The second-order valence-electron chi connectivity index (χ2n) is 6.36. The summed E-state index contributed by atoms with van der Waals surface area (Å²) in [5.41, 5.74) is 1.85. The molecule has 7 nitrogen and oxygen atoms in total. The molecule has 0 spiro atoms. The van der Waals surface area contributed by atoms with E-state index < -0.39 is 0 Å². The van der Waals surface area contributed by atoms with Crippen LogP contribution in [0.3, 0.4) is 0 Å². The number of aryl methyl sites for hydroxylation is 3. The van der Waals surface area contributed by atoms with E-state index in [4.69, 9.17) is 11.6 Å². The molecule has 0 fully saturated rings. The summed E-state index contributed by atoms with van der Waals surface area (Å²) < 4.78 is 3.82. The molecule has 3 rings (SSSR count). The Labute approximate surface area is 163 Å². The smallest absolute Gasteiger partial charge is 0.320 e. The van der Waals surface area contributed by atoms with Crippen molar-refractivity contribution in [3.8, 4) is 0 Å². The lowest BCUT2D eigenvalue weighted by molar-refractivity contribution is 0.251. The number of aromatic nitrogens is 4. The van der Waals surface area contributed by atoms with Gasteiger partial charge in [0.1, 0.15) is 11.6 Å². The Morgan fingerprint density at radius 2 is 2.11 bits per heavy atom. The largest absolute Gasteiger partial charge is 0.338 e. The van der Waals surface area contributed by atoms with Gasteiger partial charge in [-0.2, -0.15) is 5.10 Å². The minimum absolute atomic E-state index is 0.246. The molecular formula is C19H23ClN6O. The predicted octanol–water partition coefficient (Wildman–Crippen LogP) is 3.61. The van der Waals surface area contributed by atoms with Crippen LogP contribution in [-0.2, 0) is 13.1 Å². The highest BCUT2D eigenvalue weighted by atomic mass is 35.5. The van der Waals surface area contributed by atoms with Crippen molar-refractivity contribution in [3.05, 3.63) is 64.8 Å². The van der Waals surface area contributed by atoms with E-state index in [9.17, 15) is 4.79 Å². The summed E-state index contributed by atoms with van der Waals surface area (Å²) in [6.07, 6.45) is 4.54. The zero-order chi connectivity index (χ0) is 19.2. The Morgan fingerprint density at radius 1 is 1.26 bits per heavy atom. The Balaban J connectivity index is 1.52. The molecule has 0 bridgehead atoms. The fourth-order valence-corrected chi connectivity index (χ4v) is 3.04. The molecule has 0 unspecified atom stereocenters. The van der Waals surface area contributed by atoms with Crippen molar-refractivity contribution in [2.45, 2.75) is 33.4 Å². The summed E-state index contributed by atoms with van der Waals surface area (Å²) in [6.45, 7) is 5.78. The van der Waals surface area contributed by atoms with Crippen LogP contribution in [0, 0.1) is 13.8 Å². The van der Waals surface area contributed by atoms with Crippen molar-refractivity contribution < 1.29 is 4.79 Å². The van der Waals surface area contributed by atoms with E-state index >= 15 is 0 Å². The van der Waals surface area contributed by atoms with Crippen LogP contribution in [0.5, 0.6) is 0 Å². The fraction of sp³-hybridized carbons (Fsp3) is 0.316. The van der Waals surface area contributed by atoms with E-state index in [2.05, 4.69) is 25.3 Å². The van der Waals surface area contributed by atoms with Gasteiger partial charge in [-0.05, 0) is 38.0 Å². The SMILES string of the molecule is Cc1cc(NC(=O)NCCCn2ccnc2C)n(Cc2cccc(Cl)c2)n1. The minimum Gasteiger partial charge on any atom is -0.338 e. The minimum atomic E-state index is -0.246. The van der Waals surface area contributed by atoms with Crippen LogP contribution in [0.2, 0.25) is 5.02 Å². The summed E-state index contributed by atoms with van der Waals surface area (Å²) in [5.74, 6) is 1.62. The van der Waals surface area contributed by atoms with Crippen molar-refractivity contribution in [1.82, 2.24) is 24.6 Å². The van der Waals surface area contributed by atoms with Gasteiger partial charge in [0, 0.05) is 36.6 Å². The van der Waals surface area contributed by atoms with E-state index in [-0.39, 0.29) is 6.03 Å². The standard InChI is InChI=1S/C19H23ClN6O/c1-14-11-18(26(24-14)13-16-5-3-6-17(20)12-16)23-19(27)22-7-4-9-25-10-8-21-15(25)2/h3,5-6,8,10-12H,4,7,9,13H2,1-2H3,(H2,22,23,27). The van der Waals surface area contributed by atoms with Gasteiger partial charge in [0.05, 0.1) is 12.2 Å². The number of nitrogens with zero attached hydrogens (tertiary/aromatic N) is 4. The van der Waals surface area contributed by atoms with E-state index in [1.165, 1.54) is 0 Å². The van der Waals surface area contributed by atoms with E-state index in [0.29, 0.717) is 23.9 Å². The lowest BCUT2D eigenvalue weighted by Crippen LogP contribution is -2.31. The first kappa shape index (κ1) is 19.0. The lowest BCUT2D eigenvalue weighted by Gasteiger charge is -2.11. The Hall–Kier alpha value is -2.80. The van der Waals surface area contributed by atoms with Crippen molar-refractivity contribution in [2.75, 3.05) is 11.9 Å². The number of nitrogens with one attached hydrogen (secondary N) is 2. The molecule has 0 aliphatic carbocycles. The predicted molar refractivity (Wildman–Crippen MR) is 106 cm³/mol. The Bertz CT molecular complexity index is 917. The molecule has 1 aromatic carbocycles. The third-order valence-electron chi connectivity index (χ3n) is 4.15.